The van der Waals surface area contributed by atoms with Gasteiger partial charge in [0.05, 0.1) is 18.8 Å². The van der Waals surface area contributed by atoms with E-state index in [1.54, 1.807) is 31.4 Å². The van der Waals surface area contributed by atoms with Gasteiger partial charge in [0, 0.05) is 12.5 Å². The normalized spacial score (nSPS) is 11.6. The monoisotopic (exact) mass is 423 g/mol. The minimum atomic E-state index is -0.440. The molecule has 0 fully saturated rings. The van der Waals surface area contributed by atoms with E-state index < -0.39 is 5.97 Å². The number of hydrogen-bond acceptors (Lipinski definition) is 8. The molecule has 4 aromatic rings. The molecule has 0 N–H and O–H groups in total. The maximum Gasteiger partial charge on any atom is 0.308 e. The zero-order chi connectivity index (χ0) is 21.3. The summed E-state index contributed by atoms with van der Waals surface area (Å²) in [6.45, 7) is 1.32. The van der Waals surface area contributed by atoms with Crippen molar-refractivity contribution < 1.29 is 19.0 Å². The summed E-state index contributed by atoms with van der Waals surface area (Å²) >= 11 is 1.24. The van der Waals surface area contributed by atoms with Crippen LogP contribution in [0.5, 0.6) is 17.2 Å². The Bertz CT molecular complexity index is 1340. The molecule has 2 aromatic heterocycles. The molecule has 2 heterocycles. The van der Waals surface area contributed by atoms with Crippen LogP contribution in [0.1, 0.15) is 12.5 Å². The quantitative estimate of drug-likeness (QED) is 0.359. The molecule has 0 atom stereocenters. The van der Waals surface area contributed by atoms with E-state index >= 15 is 0 Å². The van der Waals surface area contributed by atoms with Crippen LogP contribution in [0.4, 0.5) is 0 Å². The minimum Gasteiger partial charge on any atom is -0.497 e. The zero-order valence-corrected chi connectivity index (χ0v) is 17.2. The number of carbonyl (C=O) groups is 1. The average Bonchev–Trinajstić information content (AvgIpc) is 3.28. The topological polar surface area (TPSA) is 92.0 Å². The predicted octanol–water partition coefficient (Wildman–Crippen LogP) is 2.31. The highest BCUT2D eigenvalue weighted by atomic mass is 32.1. The van der Waals surface area contributed by atoms with E-state index in [0.717, 1.165) is 16.9 Å². The zero-order valence-electron chi connectivity index (χ0n) is 16.4. The SMILES string of the molecule is COc1ccc(-c2nc3s/c(=C\c4ccc(OC(C)=O)c(OC)c4)c(=O)n3n2)cc1. The van der Waals surface area contributed by atoms with Crippen LogP contribution >= 0.6 is 11.3 Å². The van der Waals surface area contributed by atoms with E-state index in [2.05, 4.69) is 10.1 Å². The van der Waals surface area contributed by atoms with Gasteiger partial charge in [-0.15, -0.1) is 5.10 Å². The highest BCUT2D eigenvalue weighted by Gasteiger charge is 2.13. The molecule has 0 saturated heterocycles. The second-order valence-corrected chi connectivity index (χ2v) is 7.29. The summed E-state index contributed by atoms with van der Waals surface area (Å²) in [6.07, 6.45) is 1.72. The molecule has 0 saturated carbocycles. The summed E-state index contributed by atoms with van der Waals surface area (Å²) in [5, 5.41) is 4.34. The Hall–Kier alpha value is -3.72. The molecule has 0 unspecified atom stereocenters. The molecule has 9 heteroatoms. The number of thiazole rings is 1. The van der Waals surface area contributed by atoms with Gasteiger partial charge >= 0.3 is 5.97 Å². The molecular formula is C21H17N3O5S. The van der Waals surface area contributed by atoms with Crippen molar-refractivity contribution in [2.75, 3.05) is 14.2 Å². The van der Waals surface area contributed by atoms with Gasteiger partial charge in [0.15, 0.2) is 17.3 Å². The van der Waals surface area contributed by atoms with Crippen LogP contribution in [-0.4, -0.2) is 34.8 Å². The number of aromatic nitrogens is 3. The van der Waals surface area contributed by atoms with Gasteiger partial charge in [-0.2, -0.15) is 9.50 Å². The van der Waals surface area contributed by atoms with Crippen LogP contribution in [0.3, 0.4) is 0 Å². The first-order chi connectivity index (χ1) is 14.5. The summed E-state index contributed by atoms with van der Waals surface area (Å²) < 4.78 is 17.3. The summed E-state index contributed by atoms with van der Waals surface area (Å²) in [7, 11) is 3.08. The maximum atomic E-state index is 12.8. The number of nitrogens with zero attached hydrogens (tertiary/aromatic N) is 3. The number of methoxy groups -OCH3 is 2. The van der Waals surface area contributed by atoms with Crippen LogP contribution in [0.25, 0.3) is 22.4 Å². The number of benzene rings is 2. The Kier molecular flexibility index (Phi) is 5.20. The van der Waals surface area contributed by atoms with Crippen LogP contribution < -0.4 is 24.3 Å². The molecule has 0 amide bonds. The van der Waals surface area contributed by atoms with Gasteiger partial charge in [-0.05, 0) is 48.0 Å². The summed E-state index contributed by atoms with van der Waals surface area (Å²) in [6, 6.07) is 12.4. The van der Waals surface area contributed by atoms with Crippen molar-refractivity contribution in [1.29, 1.82) is 0 Å². The summed E-state index contributed by atoms with van der Waals surface area (Å²) in [5.74, 6) is 1.48. The minimum absolute atomic E-state index is 0.259. The molecule has 0 aliphatic heterocycles. The highest BCUT2D eigenvalue weighted by Crippen LogP contribution is 2.28. The molecule has 0 aliphatic carbocycles. The molecule has 4 rings (SSSR count). The van der Waals surface area contributed by atoms with Gasteiger partial charge in [0.2, 0.25) is 4.96 Å². The number of fused-ring (bicyclic) bond motifs is 1. The lowest BCUT2D eigenvalue weighted by molar-refractivity contribution is -0.132. The van der Waals surface area contributed by atoms with Crippen molar-refractivity contribution in [3.05, 3.63) is 62.9 Å². The molecule has 152 valence electrons. The third-order valence-electron chi connectivity index (χ3n) is 4.27. The van der Waals surface area contributed by atoms with E-state index in [-0.39, 0.29) is 5.56 Å². The van der Waals surface area contributed by atoms with Crippen molar-refractivity contribution in [1.82, 2.24) is 14.6 Å². The first-order valence-corrected chi connectivity index (χ1v) is 9.72. The molecule has 0 bridgehead atoms. The van der Waals surface area contributed by atoms with Crippen molar-refractivity contribution >= 4 is 28.3 Å². The molecular weight excluding hydrogens is 406 g/mol. The van der Waals surface area contributed by atoms with E-state index in [1.165, 1.54) is 29.9 Å². The fourth-order valence-corrected chi connectivity index (χ4v) is 3.77. The van der Waals surface area contributed by atoms with E-state index in [9.17, 15) is 9.59 Å². The number of esters is 1. The average molecular weight is 423 g/mol. The van der Waals surface area contributed by atoms with Crippen molar-refractivity contribution in [2.45, 2.75) is 6.92 Å². The van der Waals surface area contributed by atoms with Gasteiger partial charge in [-0.25, -0.2) is 0 Å². The van der Waals surface area contributed by atoms with Gasteiger partial charge in [0.1, 0.15) is 5.75 Å². The van der Waals surface area contributed by atoms with Gasteiger partial charge in [0.25, 0.3) is 5.56 Å². The first kappa shape index (κ1) is 19.6. The lowest BCUT2D eigenvalue weighted by Gasteiger charge is -2.08. The van der Waals surface area contributed by atoms with Gasteiger partial charge in [-0.1, -0.05) is 17.4 Å². The third-order valence-corrected chi connectivity index (χ3v) is 5.23. The Balaban J connectivity index is 1.70. The lowest BCUT2D eigenvalue weighted by atomic mass is 10.2. The van der Waals surface area contributed by atoms with Gasteiger partial charge < -0.3 is 14.2 Å². The van der Waals surface area contributed by atoms with Crippen molar-refractivity contribution in [3.63, 3.8) is 0 Å². The second-order valence-electron chi connectivity index (χ2n) is 6.28. The standard InChI is InChI=1S/C21H17N3O5S/c1-12(25)29-16-9-4-13(10-17(16)28-3)11-18-20(26)24-21(30-18)22-19(23-24)14-5-7-15(27-2)8-6-14/h4-11H,1-3H3/b18-11-. The first-order valence-electron chi connectivity index (χ1n) is 8.90. The number of rotatable bonds is 5. The summed E-state index contributed by atoms with van der Waals surface area (Å²) in [5.41, 5.74) is 1.26. The van der Waals surface area contributed by atoms with Crippen LogP contribution in [-0.2, 0) is 4.79 Å². The largest absolute Gasteiger partial charge is 0.497 e. The third kappa shape index (κ3) is 3.74. The Morgan fingerprint density at radius 1 is 1.07 bits per heavy atom. The number of ether oxygens (including phenoxy) is 3. The molecule has 0 spiro atoms. The van der Waals surface area contributed by atoms with Gasteiger partial charge in [-0.3, -0.25) is 9.59 Å². The van der Waals surface area contributed by atoms with Crippen molar-refractivity contribution in [3.8, 4) is 28.6 Å². The Morgan fingerprint density at radius 2 is 1.83 bits per heavy atom. The molecule has 0 radical (unpaired) electrons. The lowest BCUT2D eigenvalue weighted by Crippen LogP contribution is -2.23. The van der Waals surface area contributed by atoms with Crippen LogP contribution in [0.2, 0.25) is 0 Å². The smallest absolute Gasteiger partial charge is 0.308 e. The fourth-order valence-electron chi connectivity index (χ4n) is 2.86. The maximum absolute atomic E-state index is 12.8. The predicted molar refractivity (Wildman–Crippen MR) is 112 cm³/mol. The fraction of sp³-hybridized carbons (Fsp3) is 0.143. The van der Waals surface area contributed by atoms with E-state index in [4.69, 9.17) is 14.2 Å². The molecule has 8 nitrogen and oxygen atoms in total. The molecule has 0 aliphatic rings. The second kappa shape index (κ2) is 7.96. The van der Waals surface area contributed by atoms with E-state index in [0.29, 0.717) is 26.8 Å². The van der Waals surface area contributed by atoms with Crippen molar-refractivity contribution in [2.24, 2.45) is 0 Å². The Labute approximate surface area is 175 Å². The summed E-state index contributed by atoms with van der Waals surface area (Å²) in [4.78, 5) is 28.9. The number of carbonyl (C=O) groups excluding carboxylic acids is 1. The van der Waals surface area contributed by atoms with Crippen LogP contribution in [0, 0.1) is 0 Å². The highest BCUT2D eigenvalue weighted by molar-refractivity contribution is 7.15. The Morgan fingerprint density at radius 3 is 2.47 bits per heavy atom. The van der Waals surface area contributed by atoms with E-state index in [1.807, 2.05) is 24.3 Å². The molecule has 2 aromatic carbocycles. The van der Waals surface area contributed by atoms with Crippen LogP contribution in [0.15, 0.2) is 47.3 Å². The molecule has 30 heavy (non-hydrogen) atoms. The number of hydrogen-bond donors (Lipinski definition) is 0.